The zero-order valence-electron chi connectivity index (χ0n) is 13.3. The lowest BCUT2D eigenvalue weighted by atomic mass is 10.1. The molecule has 1 atom stereocenters. The molecule has 0 heterocycles. The number of nitrogens with one attached hydrogen (secondary N) is 2. The Morgan fingerprint density at radius 1 is 1.26 bits per heavy atom. The molecule has 2 amide bonds. The summed E-state index contributed by atoms with van der Waals surface area (Å²) in [4.78, 5) is 34.9. The SMILES string of the molecule is CC(NC(=O)OC(C)(C)C)C(=O)Nc1ccc(Br)cc1C(=O)O. The molecular formula is C15H19BrN2O5. The predicted octanol–water partition coefficient (Wildman–Crippen LogP) is 3.00. The number of benzene rings is 1. The Balaban J connectivity index is 2.76. The van der Waals surface area contributed by atoms with Gasteiger partial charge in [0, 0.05) is 4.47 Å². The van der Waals surface area contributed by atoms with Gasteiger partial charge >= 0.3 is 12.1 Å². The molecule has 0 saturated carbocycles. The second-order valence-electron chi connectivity index (χ2n) is 5.85. The van der Waals surface area contributed by atoms with Crippen molar-refractivity contribution in [3.63, 3.8) is 0 Å². The van der Waals surface area contributed by atoms with E-state index in [1.165, 1.54) is 19.1 Å². The van der Waals surface area contributed by atoms with Crippen LogP contribution in [0, 0.1) is 0 Å². The molecule has 0 spiro atoms. The van der Waals surface area contributed by atoms with Crippen molar-refractivity contribution in [1.82, 2.24) is 5.32 Å². The minimum Gasteiger partial charge on any atom is -0.478 e. The molecule has 126 valence electrons. The van der Waals surface area contributed by atoms with Gasteiger partial charge in [-0.2, -0.15) is 0 Å². The maximum Gasteiger partial charge on any atom is 0.408 e. The fraction of sp³-hybridized carbons (Fsp3) is 0.400. The van der Waals surface area contributed by atoms with E-state index in [1.54, 1.807) is 26.8 Å². The minimum absolute atomic E-state index is 0.0582. The fourth-order valence-corrected chi connectivity index (χ4v) is 1.95. The number of rotatable bonds is 4. The summed E-state index contributed by atoms with van der Waals surface area (Å²) in [5.41, 5.74) is -0.594. The van der Waals surface area contributed by atoms with Crippen LogP contribution < -0.4 is 10.6 Å². The van der Waals surface area contributed by atoms with Crippen LogP contribution in [0.25, 0.3) is 0 Å². The molecule has 8 heteroatoms. The fourth-order valence-electron chi connectivity index (χ4n) is 1.59. The standard InChI is InChI=1S/C15H19BrN2O5/c1-8(17-14(22)23-15(2,3)4)12(19)18-11-6-5-9(16)7-10(11)13(20)21/h5-8H,1-4H3,(H,17,22)(H,18,19)(H,20,21). The predicted molar refractivity (Wildman–Crippen MR) is 88.6 cm³/mol. The molecule has 0 aliphatic carbocycles. The molecular weight excluding hydrogens is 368 g/mol. The van der Waals surface area contributed by atoms with Crippen LogP contribution in [0.5, 0.6) is 0 Å². The summed E-state index contributed by atoms with van der Waals surface area (Å²) in [6.45, 7) is 6.59. The van der Waals surface area contributed by atoms with Crippen molar-refractivity contribution in [1.29, 1.82) is 0 Å². The highest BCUT2D eigenvalue weighted by Crippen LogP contribution is 2.21. The molecule has 0 aliphatic heterocycles. The van der Waals surface area contributed by atoms with Crippen LogP contribution in [0.4, 0.5) is 10.5 Å². The Morgan fingerprint density at radius 2 is 1.87 bits per heavy atom. The highest BCUT2D eigenvalue weighted by Gasteiger charge is 2.22. The molecule has 0 aromatic heterocycles. The van der Waals surface area contributed by atoms with Gasteiger partial charge < -0.3 is 20.5 Å². The van der Waals surface area contributed by atoms with Crippen molar-refractivity contribution in [2.45, 2.75) is 39.3 Å². The lowest BCUT2D eigenvalue weighted by Gasteiger charge is -2.21. The average Bonchev–Trinajstić information content (AvgIpc) is 2.38. The summed E-state index contributed by atoms with van der Waals surface area (Å²) in [7, 11) is 0. The van der Waals surface area contributed by atoms with Crippen LogP contribution >= 0.6 is 15.9 Å². The van der Waals surface area contributed by atoms with Crippen molar-refractivity contribution >= 4 is 39.6 Å². The minimum atomic E-state index is -1.17. The normalized spacial score (nSPS) is 12.2. The topological polar surface area (TPSA) is 105 Å². The van der Waals surface area contributed by atoms with Crippen molar-refractivity contribution in [2.24, 2.45) is 0 Å². The number of carbonyl (C=O) groups is 3. The first kappa shape index (κ1) is 19.0. The number of ether oxygens (including phenoxy) is 1. The summed E-state index contributed by atoms with van der Waals surface area (Å²) < 4.78 is 5.63. The van der Waals surface area contributed by atoms with Crippen LogP contribution in [0.3, 0.4) is 0 Å². The number of hydrogen-bond donors (Lipinski definition) is 3. The van der Waals surface area contributed by atoms with Crippen molar-refractivity contribution < 1.29 is 24.2 Å². The van der Waals surface area contributed by atoms with Crippen molar-refractivity contribution in [3.05, 3.63) is 28.2 Å². The molecule has 0 aliphatic rings. The van der Waals surface area contributed by atoms with Gasteiger partial charge in [-0.25, -0.2) is 9.59 Å². The quantitative estimate of drug-likeness (QED) is 0.737. The van der Waals surface area contributed by atoms with Gasteiger partial charge in [0.1, 0.15) is 11.6 Å². The third-order valence-corrected chi connectivity index (χ3v) is 3.09. The third-order valence-electron chi connectivity index (χ3n) is 2.60. The molecule has 1 aromatic carbocycles. The molecule has 3 N–H and O–H groups in total. The number of hydrogen-bond acceptors (Lipinski definition) is 4. The first-order chi connectivity index (χ1) is 10.5. The summed E-state index contributed by atoms with van der Waals surface area (Å²) in [5, 5.41) is 14.0. The Kier molecular flexibility index (Phi) is 6.14. The zero-order valence-corrected chi connectivity index (χ0v) is 14.9. The van der Waals surface area contributed by atoms with Gasteiger partial charge in [-0.3, -0.25) is 4.79 Å². The van der Waals surface area contributed by atoms with Crippen LogP contribution in [0.15, 0.2) is 22.7 Å². The average molecular weight is 387 g/mol. The number of anilines is 1. The lowest BCUT2D eigenvalue weighted by Crippen LogP contribution is -2.44. The Hall–Kier alpha value is -2.09. The second kappa shape index (κ2) is 7.45. The van der Waals surface area contributed by atoms with Crippen molar-refractivity contribution in [3.8, 4) is 0 Å². The summed E-state index contributed by atoms with van der Waals surface area (Å²) in [6.07, 6.45) is -0.727. The van der Waals surface area contributed by atoms with Crippen LogP contribution in [-0.2, 0) is 9.53 Å². The first-order valence-electron chi connectivity index (χ1n) is 6.83. The maximum atomic E-state index is 12.1. The number of carboxylic acids is 1. The maximum absolute atomic E-state index is 12.1. The van der Waals surface area contributed by atoms with E-state index in [0.29, 0.717) is 4.47 Å². The van der Waals surface area contributed by atoms with E-state index in [2.05, 4.69) is 26.6 Å². The molecule has 0 radical (unpaired) electrons. The number of amides is 2. The van der Waals surface area contributed by atoms with E-state index in [0.717, 1.165) is 0 Å². The van der Waals surface area contributed by atoms with E-state index >= 15 is 0 Å². The number of alkyl carbamates (subject to hydrolysis) is 1. The molecule has 23 heavy (non-hydrogen) atoms. The highest BCUT2D eigenvalue weighted by atomic mass is 79.9. The van der Waals surface area contributed by atoms with E-state index in [9.17, 15) is 14.4 Å². The number of aromatic carboxylic acids is 1. The van der Waals surface area contributed by atoms with Gasteiger partial charge in [-0.1, -0.05) is 15.9 Å². The number of halogens is 1. The monoisotopic (exact) mass is 386 g/mol. The Morgan fingerprint density at radius 3 is 2.39 bits per heavy atom. The van der Waals surface area contributed by atoms with Crippen LogP contribution in [0.2, 0.25) is 0 Å². The molecule has 1 rings (SSSR count). The van der Waals surface area contributed by atoms with Gasteiger partial charge in [0.2, 0.25) is 5.91 Å². The largest absolute Gasteiger partial charge is 0.478 e. The summed E-state index contributed by atoms with van der Waals surface area (Å²) >= 11 is 3.17. The summed E-state index contributed by atoms with van der Waals surface area (Å²) in [6, 6.07) is 3.55. The lowest BCUT2D eigenvalue weighted by molar-refractivity contribution is -0.117. The highest BCUT2D eigenvalue weighted by molar-refractivity contribution is 9.10. The van der Waals surface area contributed by atoms with E-state index in [-0.39, 0.29) is 11.3 Å². The van der Waals surface area contributed by atoms with Gasteiger partial charge in [0.15, 0.2) is 0 Å². The van der Waals surface area contributed by atoms with Crippen LogP contribution in [-0.4, -0.2) is 34.7 Å². The third kappa shape index (κ3) is 6.27. The van der Waals surface area contributed by atoms with Gasteiger partial charge in [0.25, 0.3) is 0 Å². The van der Waals surface area contributed by atoms with Crippen LogP contribution in [0.1, 0.15) is 38.1 Å². The molecule has 0 fully saturated rings. The Bertz CT molecular complexity index is 625. The molecule has 0 saturated heterocycles. The van der Waals surface area contributed by atoms with Gasteiger partial charge in [-0.15, -0.1) is 0 Å². The second-order valence-corrected chi connectivity index (χ2v) is 6.77. The Labute approximate surface area is 142 Å². The number of carbonyl (C=O) groups excluding carboxylic acids is 2. The van der Waals surface area contributed by atoms with E-state index in [4.69, 9.17) is 9.84 Å². The number of carboxylic acid groups (broad SMARTS) is 1. The van der Waals surface area contributed by atoms with E-state index < -0.39 is 29.6 Å². The molecule has 7 nitrogen and oxygen atoms in total. The molecule has 1 unspecified atom stereocenters. The smallest absolute Gasteiger partial charge is 0.408 e. The van der Waals surface area contributed by atoms with Gasteiger partial charge in [-0.05, 0) is 45.9 Å². The first-order valence-corrected chi connectivity index (χ1v) is 7.62. The zero-order chi connectivity index (χ0) is 17.8. The molecule has 0 bridgehead atoms. The van der Waals surface area contributed by atoms with Crippen molar-refractivity contribution in [2.75, 3.05) is 5.32 Å². The molecule has 1 aromatic rings. The van der Waals surface area contributed by atoms with E-state index in [1.807, 2.05) is 0 Å². The van der Waals surface area contributed by atoms with Gasteiger partial charge in [0.05, 0.1) is 11.3 Å². The summed E-state index contributed by atoms with van der Waals surface area (Å²) in [5.74, 6) is -1.73.